The largest absolute Gasteiger partial charge is 0.497 e. The van der Waals surface area contributed by atoms with Crippen LogP contribution in [-0.4, -0.2) is 16.9 Å². The van der Waals surface area contributed by atoms with Gasteiger partial charge in [0, 0.05) is 6.20 Å². The third kappa shape index (κ3) is 2.52. The number of hydrogen-bond donors (Lipinski definition) is 0. The fourth-order valence-electron chi connectivity index (χ4n) is 1.98. The molecule has 0 amide bonds. The third-order valence-electron chi connectivity index (χ3n) is 2.92. The Bertz CT molecular complexity index is 656. The van der Waals surface area contributed by atoms with Gasteiger partial charge in [-0.3, -0.25) is 4.68 Å². The summed E-state index contributed by atoms with van der Waals surface area (Å²) in [7, 11) is 1.67. The molecule has 19 heavy (non-hydrogen) atoms. The van der Waals surface area contributed by atoms with Crippen molar-refractivity contribution in [2.24, 2.45) is 0 Å². The molecule has 3 aromatic rings. The molecule has 0 saturated heterocycles. The van der Waals surface area contributed by atoms with Gasteiger partial charge in [-0.15, -0.1) is 0 Å². The van der Waals surface area contributed by atoms with E-state index in [1.165, 1.54) is 0 Å². The molecule has 0 aliphatic rings. The van der Waals surface area contributed by atoms with Gasteiger partial charge in [0.05, 0.1) is 31.7 Å². The van der Waals surface area contributed by atoms with E-state index in [4.69, 9.17) is 9.15 Å². The van der Waals surface area contributed by atoms with Gasteiger partial charge < -0.3 is 9.15 Å². The molecule has 0 unspecified atom stereocenters. The number of furan rings is 1. The molecule has 0 fully saturated rings. The number of hydrogen-bond acceptors (Lipinski definition) is 3. The Morgan fingerprint density at radius 2 is 2.21 bits per heavy atom. The van der Waals surface area contributed by atoms with Gasteiger partial charge in [-0.1, -0.05) is 12.1 Å². The van der Waals surface area contributed by atoms with Crippen molar-refractivity contribution in [3.8, 4) is 17.1 Å². The summed E-state index contributed by atoms with van der Waals surface area (Å²) in [4.78, 5) is 0. The predicted molar refractivity (Wildman–Crippen MR) is 72.0 cm³/mol. The second-order valence-corrected chi connectivity index (χ2v) is 4.26. The topological polar surface area (TPSA) is 40.2 Å². The van der Waals surface area contributed by atoms with Crippen LogP contribution < -0.4 is 4.74 Å². The van der Waals surface area contributed by atoms with Crippen LogP contribution in [-0.2, 0) is 6.54 Å². The van der Waals surface area contributed by atoms with Gasteiger partial charge in [-0.25, -0.2) is 0 Å². The quantitative estimate of drug-likeness (QED) is 0.717. The summed E-state index contributed by atoms with van der Waals surface area (Å²) in [5.74, 6) is 1.69. The van der Waals surface area contributed by atoms with E-state index in [1.807, 2.05) is 41.2 Å². The molecule has 0 aliphatic heterocycles. The van der Waals surface area contributed by atoms with Crippen LogP contribution in [0.3, 0.4) is 0 Å². The van der Waals surface area contributed by atoms with E-state index in [0.717, 1.165) is 22.6 Å². The lowest BCUT2D eigenvalue weighted by Gasteiger charge is -2.04. The minimum Gasteiger partial charge on any atom is -0.497 e. The first-order valence-corrected chi connectivity index (χ1v) is 6.04. The van der Waals surface area contributed by atoms with E-state index in [1.54, 1.807) is 19.6 Å². The molecule has 0 bridgehead atoms. The summed E-state index contributed by atoms with van der Waals surface area (Å²) in [6.45, 7) is 0.706. The van der Waals surface area contributed by atoms with Crippen LogP contribution in [0, 0.1) is 0 Å². The van der Waals surface area contributed by atoms with E-state index >= 15 is 0 Å². The maximum Gasteiger partial charge on any atom is 0.137 e. The zero-order chi connectivity index (χ0) is 13.1. The van der Waals surface area contributed by atoms with Crippen LogP contribution in [0.5, 0.6) is 5.75 Å². The summed E-state index contributed by atoms with van der Waals surface area (Å²) >= 11 is 0. The van der Waals surface area contributed by atoms with Crippen LogP contribution in [0.1, 0.15) is 5.56 Å². The molecule has 1 aromatic carbocycles. The molecule has 0 spiro atoms. The highest BCUT2D eigenvalue weighted by Gasteiger charge is 2.04. The molecule has 4 nitrogen and oxygen atoms in total. The first-order valence-electron chi connectivity index (χ1n) is 6.04. The second kappa shape index (κ2) is 5.02. The first kappa shape index (κ1) is 11.6. The smallest absolute Gasteiger partial charge is 0.137 e. The zero-order valence-electron chi connectivity index (χ0n) is 10.6. The first-order chi connectivity index (χ1) is 9.35. The van der Waals surface area contributed by atoms with Gasteiger partial charge in [0.2, 0.25) is 0 Å². The van der Waals surface area contributed by atoms with Crippen LogP contribution in [0.25, 0.3) is 11.3 Å². The van der Waals surface area contributed by atoms with Crippen molar-refractivity contribution in [2.45, 2.75) is 6.54 Å². The average molecular weight is 254 g/mol. The monoisotopic (exact) mass is 254 g/mol. The Kier molecular flexibility index (Phi) is 3.06. The van der Waals surface area contributed by atoms with E-state index in [-0.39, 0.29) is 0 Å². The lowest BCUT2D eigenvalue weighted by molar-refractivity contribution is 0.414. The Labute approximate surface area is 111 Å². The minimum absolute atomic E-state index is 0.706. The van der Waals surface area contributed by atoms with Gasteiger partial charge in [-0.05, 0) is 29.8 Å². The highest BCUT2D eigenvalue weighted by atomic mass is 16.5. The van der Waals surface area contributed by atoms with Crippen molar-refractivity contribution < 1.29 is 9.15 Å². The summed E-state index contributed by atoms with van der Waals surface area (Å²) in [6.07, 6.45) is 5.44. The van der Waals surface area contributed by atoms with Crippen molar-refractivity contribution >= 4 is 0 Å². The molecule has 2 aromatic heterocycles. The lowest BCUT2D eigenvalue weighted by Crippen LogP contribution is -1.99. The molecule has 0 saturated carbocycles. The molecule has 3 rings (SSSR count). The number of ether oxygens (including phenoxy) is 1. The molecule has 0 N–H and O–H groups in total. The van der Waals surface area contributed by atoms with Crippen LogP contribution in [0.15, 0.2) is 59.5 Å². The number of rotatable bonds is 4. The van der Waals surface area contributed by atoms with Crippen molar-refractivity contribution in [3.05, 3.63) is 60.6 Å². The zero-order valence-corrected chi connectivity index (χ0v) is 10.6. The van der Waals surface area contributed by atoms with Gasteiger partial charge in [0.1, 0.15) is 11.5 Å². The van der Waals surface area contributed by atoms with Crippen molar-refractivity contribution in [2.75, 3.05) is 7.11 Å². The van der Waals surface area contributed by atoms with Crippen LogP contribution in [0.4, 0.5) is 0 Å². The molecular formula is C15H14N2O2. The Morgan fingerprint density at radius 1 is 1.26 bits per heavy atom. The van der Waals surface area contributed by atoms with Crippen molar-refractivity contribution in [3.63, 3.8) is 0 Å². The average Bonchev–Trinajstić information content (AvgIpc) is 3.09. The maximum atomic E-state index is 5.35. The van der Waals surface area contributed by atoms with Gasteiger partial charge in [-0.2, -0.15) is 5.10 Å². The van der Waals surface area contributed by atoms with E-state index < -0.39 is 0 Å². The SMILES string of the molecule is COc1cccc(Cn2cc(-c3ccco3)cn2)c1. The molecule has 0 aliphatic carbocycles. The summed E-state index contributed by atoms with van der Waals surface area (Å²) in [5.41, 5.74) is 2.13. The number of methoxy groups -OCH3 is 1. The van der Waals surface area contributed by atoms with E-state index in [2.05, 4.69) is 11.2 Å². The van der Waals surface area contributed by atoms with Crippen LogP contribution >= 0.6 is 0 Å². The van der Waals surface area contributed by atoms with Gasteiger partial charge >= 0.3 is 0 Å². The predicted octanol–water partition coefficient (Wildman–Crippen LogP) is 3.20. The number of benzene rings is 1. The Morgan fingerprint density at radius 3 is 3.00 bits per heavy atom. The standard InChI is InChI=1S/C15H14N2O2/c1-18-14-5-2-4-12(8-14)10-17-11-13(9-16-17)15-6-3-7-19-15/h2-9,11H,10H2,1H3. The highest BCUT2D eigenvalue weighted by Crippen LogP contribution is 2.19. The molecule has 2 heterocycles. The maximum absolute atomic E-state index is 5.35. The molecule has 96 valence electrons. The highest BCUT2D eigenvalue weighted by molar-refractivity contribution is 5.54. The Balaban J connectivity index is 1.80. The minimum atomic E-state index is 0.706. The van der Waals surface area contributed by atoms with E-state index in [9.17, 15) is 0 Å². The summed E-state index contributed by atoms with van der Waals surface area (Å²) in [6, 6.07) is 11.8. The molecule has 0 radical (unpaired) electrons. The van der Waals surface area contributed by atoms with Gasteiger partial charge in [0.25, 0.3) is 0 Å². The number of nitrogens with zero attached hydrogens (tertiary/aromatic N) is 2. The molecular weight excluding hydrogens is 240 g/mol. The fraction of sp³-hybridized carbons (Fsp3) is 0.133. The normalized spacial score (nSPS) is 10.6. The van der Waals surface area contributed by atoms with E-state index in [0.29, 0.717) is 6.54 Å². The molecule has 0 atom stereocenters. The fourth-order valence-corrected chi connectivity index (χ4v) is 1.98. The van der Waals surface area contributed by atoms with Crippen LogP contribution in [0.2, 0.25) is 0 Å². The molecule has 4 heteroatoms. The number of aromatic nitrogens is 2. The van der Waals surface area contributed by atoms with Gasteiger partial charge in [0.15, 0.2) is 0 Å². The second-order valence-electron chi connectivity index (χ2n) is 4.26. The Hall–Kier alpha value is -2.49. The third-order valence-corrected chi connectivity index (χ3v) is 2.92. The van der Waals surface area contributed by atoms with Crippen molar-refractivity contribution in [1.29, 1.82) is 0 Å². The van der Waals surface area contributed by atoms with Crippen molar-refractivity contribution in [1.82, 2.24) is 9.78 Å². The lowest BCUT2D eigenvalue weighted by atomic mass is 10.2. The summed E-state index contributed by atoms with van der Waals surface area (Å²) < 4.78 is 12.4. The summed E-state index contributed by atoms with van der Waals surface area (Å²) in [5, 5.41) is 4.34.